The summed E-state index contributed by atoms with van der Waals surface area (Å²) in [6, 6.07) is 6.40. The first-order chi connectivity index (χ1) is 18.4. The van der Waals surface area contributed by atoms with Gasteiger partial charge in [0, 0.05) is 54.3 Å². The maximum absolute atomic E-state index is 14.9. The summed E-state index contributed by atoms with van der Waals surface area (Å²) >= 11 is 12.3. The molecule has 0 unspecified atom stereocenters. The number of halogens is 3. The van der Waals surface area contributed by atoms with Gasteiger partial charge in [0.25, 0.3) is 0 Å². The Morgan fingerprint density at radius 1 is 1.26 bits per heavy atom. The first-order valence-electron chi connectivity index (χ1n) is 11.4. The van der Waals surface area contributed by atoms with Gasteiger partial charge >= 0.3 is 0 Å². The van der Waals surface area contributed by atoms with E-state index in [2.05, 4.69) is 31.0 Å². The lowest BCUT2D eigenvalue weighted by molar-refractivity contribution is 0.205. The molecule has 0 radical (unpaired) electrons. The van der Waals surface area contributed by atoms with Gasteiger partial charge in [0.1, 0.15) is 17.6 Å². The van der Waals surface area contributed by atoms with Gasteiger partial charge in [0.05, 0.1) is 32.9 Å². The van der Waals surface area contributed by atoms with Crippen LogP contribution in [-0.4, -0.2) is 53.5 Å². The van der Waals surface area contributed by atoms with Crippen LogP contribution in [0.1, 0.15) is 24.3 Å². The fourth-order valence-electron chi connectivity index (χ4n) is 4.60. The van der Waals surface area contributed by atoms with Crippen molar-refractivity contribution in [2.24, 2.45) is 5.73 Å². The van der Waals surface area contributed by atoms with Crippen LogP contribution < -0.4 is 20.1 Å². The second-order valence-corrected chi connectivity index (χ2v) is 12.0. The molecule has 4 heterocycles. The number of anilines is 1. The smallest absolute Gasteiger partial charge is 0.209 e. The van der Waals surface area contributed by atoms with Crippen molar-refractivity contribution < 1.29 is 17.5 Å². The highest BCUT2D eigenvalue weighted by molar-refractivity contribution is 7.88. The third-order valence-electron chi connectivity index (χ3n) is 6.12. The number of H-pyrrole nitrogens is 1. The maximum Gasteiger partial charge on any atom is 0.209 e. The molecule has 0 amide bonds. The summed E-state index contributed by atoms with van der Waals surface area (Å²) in [6.07, 6.45) is 4.17. The van der Waals surface area contributed by atoms with Crippen LogP contribution in [-0.2, 0) is 10.0 Å². The number of sulfonamides is 1. The Labute approximate surface area is 232 Å². The molecular weight excluding hydrogens is 570 g/mol. The van der Waals surface area contributed by atoms with Gasteiger partial charge in [-0.15, -0.1) is 0 Å². The van der Waals surface area contributed by atoms with Crippen molar-refractivity contribution in [2.45, 2.75) is 18.7 Å². The lowest BCUT2D eigenvalue weighted by Crippen LogP contribution is -2.68. The van der Waals surface area contributed by atoms with E-state index in [-0.39, 0.29) is 26.9 Å². The normalized spacial score (nSPS) is 15.6. The molecule has 1 atom stereocenters. The second-order valence-electron chi connectivity index (χ2n) is 9.45. The Morgan fingerprint density at radius 2 is 1.95 bits per heavy atom. The van der Waals surface area contributed by atoms with E-state index in [1.54, 1.807) is 17.9 Å². The monoisotopic (exact) mass is 590 g/mol. The van der Waals surface area contributed by atoms with Crippen molar-refractivity contribution in [1.82, 2.24) is 24.9 Å². The zero-order chi connectivity index (χ0) is 28.1. The van der Waals surface area contributed by atoms with E-state index in [0.29, 0.717) is 41.1 Å². The van der Waals surface area contributed by atoms with Crippen molar-refractivity contribution in [1.29, 1.82) is 5.26 Å². The average molecular weight is 591 g/mol. The van der Waals surface area contributed by atoms with Crippen molar-refractivity contribution in [3.8, 4) is 23.1 Å². The van der Waals surface area contributed by atoms with Crippen LogP contribution in [0.25, 0.3) is 22.2 Å². The van der Waals surface area contributed by atoms with Crippen molar-refractivity contribution >= 4 is 49.9 Å². The Kier molecular flexibility index (Phi) is 6.86. The number of fused-ring (bicyclic) bond motifs is 1. The number of aromatic nitrogens is 4. The number of ether oxygens (including phenoxy) is 1. The molecule has 1 aliphatic heterocycles. The Bertz CT molecular complexity index is 1730. The average Bonchev–Trinajstić information content (AvgIpc) is 3.23. The first kappa shape index (κ1) is 27.0. The van der Waals surface area contributed by atoms with E-state index in [0.717, 1.165) is 6.26 Å². The third-order valence-corrected chi connectivity index (χ3v) is 7.58. The summed E-state index contributed by atoms with van der Waals surface area (Å²) < 4.78 is 46.4. The van der Waals surface area contributed by atoms with Gasteiger partial charge in [0.15, 0.2) is 17.8 Å². The fraction of sp³-hybridized carbons (Fsp3) is 0.250. The fourth-order valence-corrected chi connectivity index (χ4v) is 6.20. The number of nitrogens with zero attached hydrogens (tertiary/aromatic N) is 5. The predicted octanol–water partition coefficient (Wildman–Crippen LogP) is 3.50. The van der Waals surface area contributed by atoms with Crippen LogP contribution in [0.3, 0.4) is 0 Å². The number of benzene rings is 1. The molecule has 0 saturated carbocycles. The molecule has 39 heavy (non-hydrogen) atoms. The summed E-state index contributed by atoms with van der Waals surface area (Å²) in [5, 5.41) is 17.7. The third kappa shape index (κ3) is 5.34. The van der Waals surface area contributed by atoms with Crippen LogP contribution in [0.4, 0.5) is 10.2 Å². The van der Waals surface area contributed by atoms with Crippen LogP contribution in [0.15, 0.2) is 36.8 Å². The Balaban J connectivity index is 1.44. The molecular formula is C24H21Cl2FN8O3S. The summed E-state index contributed by atoms with van der Waals surface area (Å²) in [7, 11) is -3.39. The van der Waals surface area contributed by atoms with Gasteiger partial charge in [-0.1, -0.05) is 23.2 Å². The van der Waals surface area contributed by atoms with Crippen LogP contribution in [0.5, 0.6) is 5.75 Å². The van der Waals surface area contributed by atoms with Gasteiger partial charge < -0.3 is 9.64 Å². The largest absolute Gasteiger partial charge is 0.468 e. The number of pyridine rings is 2. The zero-order valence-electron chi connectivity index (χ0n) is 20.5. The first-order valence-corrected chi connectivity index (χ1v) is 14.1. The topological polar surface area (TPSA) is 163 Å². The predicted molar refractivity (Wildman–Crippen MR) is 144 cm³/mol. The highest BCUT2D eigenvalue weighted by Crippen LogP contribution is 2.36. The van der Waals surface area contributed by atoms with Gasteiger partial charge in [0.2, 0.25) is 10.0 Å². The summed E-state index contributed by atoms with van der Waals surface area (Å²) in [6.45, 7) is 2.47. The minimum absolute atomic E-state index is 0.162. The number of hydrogen-bond acceptors (Lipinski definition) is 9. The number of nitriles is 1. The summed E-state index contributed by atoms with van der Waals surface area (Å²) in [4.78, 5) is 10.1. The molecule has 0 bridgehead atoms. The minimum atomic E-state index is -3.39. The number of rotatable bonds is 7. The van der Waals surface area contributed by atoms with Gasteiger partial charge in [-0.3, -0.25) is 15.8 Å². The molecule has 1 aliphatic rings. The second kappa shape index (κ2) is 9.89. The van der Waals surface area contributed by atoms with Crippen LogP contribution in [0, 0.1) is 17.1 Å². The van der Waals surface area contributed by atoms with Crippen molar-refractivity contribution in [3.05, 3.63) is 63.8 Å². The molecule has 5 rings (SSSR count). The lowest BCUT2D eigenvalue weighted by Gasteiger charge is -2.48. The number of aromatic amines is 1. The Morgan fingerprint density at radius 3 is 2.59 bits per heavy atom. The molecule has 11 nitrogen and oxygen atoms in total. The van der Waals surface area contributed by atoms with E-state index < -0.39 is 27.6 Å². The molecule has 1 aromatic carbocycles. The van der Waals surface area contributed by atoms with E-state index in [1.807, 2.05) is 0 Å². The molecule has 4 aromatic rings. The maximum atomic E-state index is 14.9. The number of hydrogen-bond donors (Lipinski definition) is 3. The summed E-state index contributed by atoms with van der Waals surface area (Å²) in [5.41, 5.74) is 7.28. The van der Waals surface area contributed by atoms with E-state index in [1.165, 1.54) is 30.7 Å². The minimum Gasteiger partial charge on any atom is -0.468 e. The molecule has 15 heteroatoms. The summed E-state index contributed by atoms with van der Waals surface area (Å²) in [5.74, 6) is -0.435. The van der Waals surface area contributed by atoms with Gasteiger partial charge in [-0.25, -0.2) is 22.5 Å². The van der Waals surface area contributed by atoms with E-state index >= 15 is 0 Å². The molecule has 202 valence electrons. The molecule has 1 saturated heterocycles. The standard InChI is InChI=1S/C24H21Cl2FN8O3S/c1-24(34-39(2,36)37)10-35(11-24)23-12(6-28)3-13(7-31-23)21-14-4-19(17(27)5-18(14)32-33-21)38-22(29)20-15(25)8-30-9-16(20)26/h3-5,7-9,22,34H,10-11,29H2,1-2H3,(H,32,33)/t22-/m0/s1. The van der Waals surface area contributed by atoms with Crippen molar-refractivity contribution in [3.63, 3.8) is 0 Å². The lowest BCUT2D eigenvalue weighted by atomic mass is 9.93. The molecule has 4 N–H and O–H groups in total. The van der Waals surface area contributed by atoms with E-state index in [4.69, 9.17) is 33.7 Å². The molecule has 1 fully saturated rings. The van der Waals surface area contributed by atoms with Crippen LogP contribution >= 0.6 is 23.2 Å². The van der Waals surface area contributed by atoms with Gasteiger partial charge in [-0.05, 0) is 19.1 Å². The van der Waals surface area contributed by atoms with Gasteiger partial charge in [-0.2, -0.15) is 10.4 Å². The van der Waals surface area contributed by atoms with Crippen molar-refractivity contribution in [2.75, 3.05) is 24.2 Å². The quantitative estimate of drug-likeness (QED) is 0.273. The molecule has 0 aliphatic carbocycles. The number of nitrogens with two attached hydrogens (primary N) is 1. The van der Waals surface area contributed by atoms with E-state index in [9.17, 15) is 18.1 Å². The molecule has 3 aromatic heterocycles. The van der Waals surface area contributed by atoms with Crippen LogP contribution in [0.2, 0.25) is 10.0 Å². The zero-order valence-corrected chi connectivity index (χ0v) is 22.9. The Hall–Kier alpha value is -3.54. The highest BCUT2D eigenvalue weighted by atomic mass is 35.5. The highest BCUT2D eigenvalue weighted by Gasteiger charge is 2.42. The SMILES string of the molecule is CC1(NS(C)(=O)=O)CN(c2ncc(-c3n[nH]c4cc(F)c(O[C@H](N)c5c(Cl)cncc5Cl)cc34)cc2C#N)C1. The molecule has 0 spiro atoms. The number of nitrogens with one attached hydrogen (secondary N) is 2.